The number of amides is 1. The van der Waals surface area contributed by atoms with Crippen LogP contribution in [-0.2, 0) is 6.42 Å². The van der Waals surface area contributed by atoms with Crippen LogP contribution < -0.4 is 10.6 Å². The lowest BCUT2D eigenvalue weighted by atomic mass is 9.98. The molecule has 2 N–H and O–H groups in total. The van der Waals surface area contributed by atoms with Crippen molar-refractivity contribution in [3.8, 4) is 0 Å². The summed E-state index contributed by atoms with van der Waals surface area (Å²) in [4.78, 5) is 24.0. The van der Waals surface area contributed by atoms with Crippen LogP contribution in [-0.4, -0.2) is 23.4 Å². The van der Waals surface area contributed by atoms with Gasteiger partial charge in [-0.15, -0.1) is 0 Å². The van der Waals surface area contributed by atoms with Gasteiger partial charge >= 0.3 is 5.88 Å². The van der Waals surface area contributed by atoms with Crippen molar-refractivity contribution in [2.45, 2.75) is 12.5 Å². The fourth-order valence-electron chi connectivity index (χ4n) is 2.49. The van der Waals surface area contributed by atoms with Gasteiger partial charge in [-0.3, -0.25) is 14.9 Å². The molecular weight excluding hydrogens is 274 g/mol. The first-order valence-electron chi connectivity index (χ1n) is 6.46. The van der Waals surface area contributed by atoms with Crippen LogP contribution in [0.5, 0.6) is 0 Å². The Morgan fingerprint density at radius 1 is 1.33 bits per heavy atom. The summed E-state index contributed by atoms with van der Waals surface area (Å²) in [7, 11) is 0. The highest BCUT2D eigenvalue weighted by Crippen LogP contribution is 2.28. The van der Waals surface area contributed by atoms with Crippen molar-refractivity contribution in [1.82, 2.24) is 0 Å². The number of carbonyl (C=O) groups excluding carboxylic acids is 1. The van der Waals surface area contributed by atoms with Gasteiger partial charge in [-0.25, -0.2) is 0 Å². The average Bonchev–Trinajstić information content (AvgIpc) is 2.95. The van der Waals surface area contributed by atoms with Crippen molar-refractivity contribution >= 4 is 17.5 Å². The second-order valence-corrected chi connectivity index (χ2v) is 4.90. The largest absolute Gasteiger partial charge is 0.433 e. The molecule has 1 aliphatic rings. The van der Waals surface area contributed by atoms with Crippen molar-refractivity contribution in [2.75, 3.05) is 11.4 Å². The van der Waals surface area contributed by atoms with E-state index in [2.05, 4.69) is 0 Å². The molecule has 3 rings (SSSR count). The van der Waals surface area contributed by atoms with Crippen LogP contribution in [0.1, 0.15) is 16.1 Å². The van der Waals surface area contributed by atoms with Crippen molar-refractivity contribution in [1.29, 1.82) is 0 Å². The minimum absolute atomic E-state index is 0.0643. The molecule has 7 nitrogen and oxygen atoms in total. The van der Waals surface area contributed by atoms with E-state index in [0.717, 1.165) is 11.3 Å². The maximum Gasteiger partial charge on any atom is 0.433 e. The summed E-state index contributed by atoms with van der Waals surface area (Å²) in [6, 6.07) is 9.77. The Morgan fingerprint density at radius 3 is 2.81 bits per heavy atom. The molecule has 0 aliphatic carbocycles. The average molecular weight is 287 g/mol. The predicted octanol–water partition coefficient (Wildman–Crippen LogP) is 1.72. The maximum absolute atomic E-state index is 12.5. The summed E-state index contributed by atoms with van der Waals surface area (Å²) >= 11 is 0. The highest BCUT2D eigenvalue weighted by Gasteiger charge is 2.29. The van der Waals surface area contributed by atoms with Crippen molar-refractivity contribution in [2.24, 2.45) is 5.73 Å². The van der Waals surface area contributed by atoms with Crippen LogP contribution in [0.3, 0.4) is 0 Å². The van der Waals surface area contributed by atoms with Gasteiger partial charge in [0.1, 0.15) is 4.92 Å². The zero-order chi connectivity index (χ0) is 15.0. The lowest BCUT2D eigenvalue weighted by Crippen LogP contribution is -2.46. The molecule has 1 aromatic heterocycles. The molecule has 1 aliphatic heterocycles. The number of benzene rings is 1. The van der Waals surface area contributed by atoms with E-state index in [1.54, 1.807) is 0 Å². The smallest absolute Gasteiger partial charge is 0.395 e. The Kier molecular flexibility index (Phi) is 3.19. The second kappa shape index (κ2) is 5.02. The lowest BCUT2D eigenvalue weighted by molar-refractivity contribution is -0.402. The number of hydrogen-bond acceptors (Lipinski definition) is 5. The number of nitrogens with two attached hydrogens (primary N) is 1. The van der Waals surface area contributed by atoms with Gasteiger partial charge < -0.3 is 15.1 Å². The summed E-state index contributed by atoms with van der Waals surface area (Å²) in [5.41, 5.74) is 7.72. The molecular formula is C14H13N3O4. The standard InChI is InChI=1S/C14H13N3O4/c15-10-7-9-3-1-2-4-11(9)16(8-10)14(18)12-5-6-13(21-12)17(19)20/h1-6,10H,7-8,15H2. The Morgan fingerprint density at radius 2 is 2.10 bits per heavy atom. The van der Waals surface area contributed by atoms with E-state index < -0.39 is 16.7 Å². The van der Waals surface area contributed by atoms with Gasteiger partial charge in [-0.1, -0.05) is 18.2 Å². The molecule has 1 atom stereocenters. The van der Waals surface area contributed by atoms with Crippen LogP contribution in [0.2, 0.25) is 0 Å². The molecule has 0 spiro atoms. The van der Waals surface area contributed by atoms with Crippen LogP contribution in [0.15, 0.2) is 40.8 Å². The molecule has 1 amide bonds. The van der Waals surface area contributed by atoms with Crippen molar-refractivity contribution in [3.05, 3.63) is 57.8 Å². The molecule has 108 valence electrons. The second-order valence-electron chi connectivity index (χ2n) is 4.90. The molecule has 7 heteroatoms. The van der Waals surface area contributed by atoms with Crippen LogP contribution in [0, 0.1) is 10.1 Å². The van der Waals surface area contributed by atoms with Crippen LogP contribution in [0.25, 0.3) is 0 Å². The molecule has 1 aromatic carbocycles. The minimum atomic E-state index is -0.674. The molecule has 2 aromatic rings. The van der Waals surface area contributed by atoms with E-state index in [1.807, 2.05) is 24.3 Å². The number of furan rings is 1. The van der Waals surface area contributed by atoms with E-state index >= 15 is 0 Å². The summed E-state index contributed by atoms with van der Waals surface area (Å²) in [5, 5.41) is 10.6. The predicted molar refractivity (Wildman–Crippen MR) is 75.2 cm³/mol. The number of carbonyl (C=O) groups is 1. The van der Waals surface area contributed by atoms with Gasteiger partial charge in [0, 0.05) is 18.3 Å². The SMILES string of the molecule is NC1Cc2ccccc2N(C(=O)c2ccc([N+](=O)[O-])o2)C1. The van der Waals surface area contributed by atoms with Gasteiger partial charge in [-0.2, -0.15) is 0 Å². The van der Waals surface area contributed by atoms with Crippen molar-refractivity contribution < 1.29 is 14.1 Å². The van der Waals surface area contributed by atoms with E-state index in [-0.39, 0.29) is 11.8 Å². The monoisotopic (exact) mass is 287 g/mol. The summed E-state index contributed by atoms with van der Waals surface area (Å²) in [6.07, 6.45) is 0.693. The Labute approximate surface area is 120 Å². The van der Waals surface area contributed by atoms with E-state index in [4.69, 9.17) is 10.2 Å². The third-order valence-corrected chi connectivity index (χ3v) is 3.41. The highest BCUT2D eigenvalue weighted by atomic mass is 16.6. The molecule has 0 saturated heterocycles. The zero-order valence-corrected chi connectivity index (χ0v) is 11.1. The van der Waals surface area contributed by atoms with E-state index in [0.29, 0.717) is 13.0 Å². The first kappa shape index (κ1) is 13.3. The number of nitro groups is 1. The number of fused-ring (bicyclic) bond motifs is 1. The van der Waals surface area contributed by atoms with E-state index in [1.165, 1.54) is 17.0 Å². The normalized spacial score (nSPS) is 17.4. The Balaban J connectivity index is 1.95. The summed E-state index contributed by atoms with van der Waals surface area (Å²) < 4.78 is 4.98. The fourth-order valence-corrected chi connectivity index (χ4v) is 2.49. The maximum atomic E-state index is 12.5. The number of anilines is 1. The highest BCUT2D eigenvalue weighted by molar-refractivity contribution is 6.05. The third kappa shape index (κ3) is 2.38. The molecule has 0 radical (unpaired) electrons. The Hall–Kier alpha value is -2.67. The molecule has 21 heavy (non-hydrogen) atoms. The number of para-hydroxylation sites is 1. The van der Waals surface area contributed by atoms with E-state index in [9.17, 15) is 14.9 Å². The van der Waals surface area contributed by atoms with Crippen LogP contribution >= 0.6 is 0 Å². The number of rotatable bonds is 2. The first-order valence-corrected chi connectivity index (χ1v) is 6.46. The van der Waals surface area contributed by atoms with Gasteiger partial charge in [-0.05, 0) is 24.1 Å². The molecule has 0 saturated carbocycles. The summed E-state index contributed by atoms with van der Waals surface area (Å²) in [6.45, 7) is 0.352. The van der Waals surface area contributed by atoms with Crippen LogP contribution in [0.4, 0.5) is 11.6 Å². The minimum Gasteiger partial charge on any atom is -0.395 e. The first-order chi connectivity index (χ1) is 10.1. The number of hydrogen-bond donors (Lipinski definition) is 1. The zero-order valence-electron chi connectivity index (χ0n) is 11.1. The van der Waals surface area contributed by atoms with Gasteiger partial charge in [0.25, 0.3) is 5.91 Å². The van der Waals surface area contributed by atoms with Gasteiger partial charge in [0.2, 0.25) is 0 Å². The molecule has 0 bridgehead atoms. The topological polar surface area (TPSA) is 103 Å². The molecule has 0 fully saturated rings. The number of nitrogens with zero attached hydrogens (tertiary/aromatic N) is 2. The lowest BCUT2D eigenvalue weighted by Gasteiger charge is -2.32. The summed E-state index contributed by atoms with van der Waals surface area (Å²) in [5.74, 6) is -0.941. The van der Waals surface area contributed by atoms with Gasteiger partial charge in [0.15, 0.2) is 5.76 Å². The molecule has 1 unspecified atom stereocenters. The Bertz CT molecular complexity index is 710. The molecule has 2 heterocycles. The van der Waals surface area contributed by atoms with Crippen molar-refractivity contribution in [3.63, 3.8) is 0 Å². The third-order valence-electron chi connectivity index (χ3n) is 3.41. The van der Waals surface area contributed by atoms with Gasteiger partial charge in [0.05, 0.1) is 6.07 Å². The fraction of sp³-hybridized carbons (Fsp3) is 0.214. The quantitative estimate of drug-likeness (QED) is 0.669.